The molecule has 100 valence electrons. The molecular weight excluding hydrogens is 232 g/mol. The fourth-order valence-electron chi connectivity index (χ4n) is 1.96. The topological polar surface area (TPSA) is 82.3 Å². The number of anilines is 2. The van der Waals surface area contributed by atoms with Crippen LogP contribution in [0.4, 0.5) is 11.5 Å². The molecule has 0 bridgehead atoms. The maximum absolute atomic E-state index is 5.91. The van der Waals surface area contributed by atoms with Gasteiger partial charge in [-0.2, -0.15) is 4.98 Å². The van der Waals surface area contributed by atoms with E-state index < -0.39 is 0 Å². The minimum absolute atomic E-state index is 0.348. The van der Waals surface area contributed by atoms with Crippen LogP contribution in [0.3, 0.4) is 0 Å². The number of nitrogens with one attached hydrogen (secondary N) is 1. The molecule has 2 rings (SSSR count). The Morgan fingerprint density at radius 2 is 2.17 bits per heavy atom. The summed E-state index contributed by atoms with van der Waals surface area (Å²) in [5.74, 6) is 1.06. The van der Waals surface area contributed by atoms with Gasteiger partial charge in [-0.05, 0) is 24.7 Å². The summed E-state index contributed by atoms with van der Waals surface area (Å²) >= 11 is 0. The molecule has 1 aromatic heterocycles. The molecule has 0 radical (unpaired) electrons. The predicted molar refractivity (Wildman–Crippen MR) is 69.6 cm³/mol. The molecule has 1 fully saturated rings. The number of ether oxygens (including phenoxy) is 2. The van der Waals surface area contributed by atoms with Gasteiger partial charge in [-0.15, -0.1) is 0 Å². The zero-order valence-electron chi connectivity index (χ0n) is 10.9. The Labute approximate surface area is 107 Å². The van der Waals surface area contributed by atoms with Crippen LogP contribution in [0.1, 0.15) is 19.3 Å². The maximum Gasteiger partial charge on any atom is 0.242 e. The minimum atomic E-state index is 0.348. The van der Waals surface area contributed by atoms with Crippen molar-refractivity contribution in [1.82, 2.24) is 9.97 Å². The molecule has 0 atom stereocenters. The van der Waals surface area contributed by atoms with Gasteiger partial charge in [0, 0.05) is 20.3 Å². The number of nitrogen functional groups attached to an aromatic ring is 1. The van der Waals surface area contributed by atoms with Crippen LogP contribution >= 0.6 is 0 Å². The lowest BCUT2D eigenvalue weighted by atomic mass is 10.0. The highest BCUT2D eigenvalue weighted by Gasteiger charge is 2.41. The first kappa shape index (κ1) is 12.9. The SMILES string of the molecule is COCCC1(CNc2ncnc(OC)c2N)CC1. The van der Waals surface area contributed by atoms with Gasteiger partial charge in [-0.1, -0.05) is 0 Å². The third kappa shape index (κ3) is 2.81. The standard InChI is InChI=1S/C12H20N4O2/c1-17-6-5-12(3-4-12)7-14-10-9(13)11(18-2)16-8-15-10/h8H,3-7,13H2,1-2H3,(H,14,15,16). The van der Waals surface area contributed by atoms with Crippen molar-refractivity contribution in [1.29, 1.82) is 0 Å². The Morgan fingerprint density at radius 3 is 2.78 bits per heavy atom. The molecule has 0 aromatic carbocycles. The average molecular weight is 252 g/mol. The van der Waals surface area contributed by atoms with E-state index in [1.165, 1.54) is 19.2 Å². The Morgan fingerprint density at radius 1 is 1.39 bits per heavy atom. The number of rotatable bonds is 7. The Kier molecular flexibility index (Phi) is 3.86. The van der Waals surface area contributed by atoms with Crippen LogP contribution in [0.5, 0.6) is 5.88 Å². The second kappa shape index (κ2) is 5.39. The quantitative estimate of drug-likeness (QED) is 0.761. The summed E-state index contributed by atoms with van der Waals surface area (Å²) in [6.45, 7) is 1.66. The predicted octanol–water partition coefficient (Wildman–Crippen LogP) is 1.30. The van der Waals surface area contributed by atoms with Gasteiger partial charge in [0.05, 0.1) is 7.11 Å². The van der Waals surface area contributed by atoms with Crippen LogP contribution in [-0.4, -0.2) is 37.3 Å². The first-order valence-electron chi connectivity index (χ1n) is 6.08. The number of nitrogens with zero attached hydrogens (tertiary/aromatic N) is 2. The lowest BCUT2D eigenvalue weighted by Crippen LogP contribution is -2.19. The molecule has 6 nitrogen and oxygen atoms in total. The van der Waals surface area contributed by atoms with E-state index >= 15 is 0 Å². The fraction of sp³-hybridized carbons (Fsp3) is 0.667. The van der Waals surface area contributed by atoms with Crippen molar-refractivity contribution in [2.75, 3.05) is 38.4 Å². The van der Waals surface area contributed by atoms with E-state index in [4.69, 9.17) is 15.2 Å². The van der Waals surface area contributed by atoms with Crippen molar-refractivity contribution in [3.8, 4) is 5.88 Å². The third-order valence-corrected chi connectivity index (χ3v) is 3.47. The van der Waals surface area contributed by atoms with Gasteiger partial charge >= 0.3 is 0 Å². The zero-order valence-corrected chi connectivity index (χ0v) is 10.9. The van der Waals surface area contributed by atoms with Crippen LogP contribution in [0.15, 0.2) is 6.33 Å². The Hall–Kier alpha value is -1.56. The van der Waals surface area contributed by atoms with Crippen LogP contribution in [-0.2, 0) is 4.74 Å². The highest BCUT2D eigenvalue weighted by Crippen LogP contribution is 2.48. The summed E-state index contributed by atoms with van der Waals surface area (Å²) in [6, 6.07) is 0. The molecule has 3 N–H and O–H groups in total. The van der Waals surface area contributed by atoms with Crippen molar-refractivity contribution in [3.63, 3.8) is 0 Å². The van der Waals surface area contributed by atoms with E-state index in [1.54, 1.807) is 14.2 Å². The molecule has 1 aromatic rings. The molecule has 18 heavy (non-hydrogen) atoms. The van der Waals surface area contributed by atoms with E-state index in [-0.39, 0.29) is 0 Å². The second-order valence-electron chi connectivity index (χ2n) is 4.74. The highest BCUT2D eigenvalue weighted by molar-refractivity contribution is 5.66. The molecule has 0 saturated heterocycles. The molecule has 0 aliphatic heterocycles. The molecular formula is C12H20N4O2. The molecule has 6 heteroatoms. The molecule has 0 amide bonds. The van der Waals surface area contributed by atoms with Gasteiger partial charge in [-0.25, -0.2) is 4.98 Å². The molecule has 1 heterocycles. The van der Waals surface area contributed by atoms with Gasteiger partial charge in [0.2, 0.25) is 5.88 Å². The van der Waals surface area contributed by atoms with Crippen molar-refractivity contribution < 1.29 is 9.47 Å². The summed E-state index contributed by atoms with van der Waals surface area (Å²) in [7, 11) is 3.28. The van der Waals surface area contributed by atoms with Crippen molar-refractivity contribution in [3.05, 3.63) is 6.33 Å². The number of methoxy groups -OCH3 is 2. The summed E-state index contributed by atoms with van der Waals surface area (Å²) < 4.78 is 10.2. The van der Waals surface area contributed by atoms with Crippen LogP contribution in [0.25, 0.3) is 0 Å². The first-order valence-corrected chi connectivity index (χ1v) is 6.08. The van der Waals surface area contributed by atoms with Gasteiger partial charge in [-0.3, -0.25) is 0 Å². The minimum Gasteiger partial charge on any atom is -0.479 e. The number of hydrogen-bond donors (Lipinski definition) is 2. The number of hydrogen-bond acceptors (Lipinski definition) is 6. The van der Waals surface area contributed by atoms with Crippen LogP contribution < -0.4 is 15.8 Å². The summed E-state index contributed by atoms with van der Waals surface area (Å²) in [6.07, 6.45) is 4.97. The third-order valence-electron chi connectivity index (χ3n) is 3.47. The van der Waals surface area contributed by atoms with Crippen molar-refractivity contribution in [2.45, 2.75) is 19.3 Å². The van der Waals surface area contributed by atoms with E-state index in [9.17, 15) is 0 Å². The Balaban J connectivity index is 1.94. The highest BCUT2D eigenvalue weighted by atomic mass is 16.5. The fourth-order valence-corrected chi connectivity index (χ4v) is 1.96. The zero-order chi connectivity index (χ0) is 13.0. The van der Waals surface area contributed by atoms with Gasteiger partial charge in [0.25, 0.3) is 0 Å². The lowest BCUT2D eigenvalue weighted by Gasteiger charge is -2.17. The number of nitrogens with two attached hydrogens (primary N) is 1. The molecule has 1 aliphatic carbocycles. The van der Waals surface area contributed by atoms with E-state index in [2.05, 4.69) is 15.3 Å². The monoisotopic (exact) mass is 252 g/mol. The van der Waals surface area contributed by atoms with E-state index in [0.717, 1.165) is 19.6 Å². The van der Waals surface area contributed by atoms with Gasteiger partial charge < -0.3 is 20.5 Å². The van der Waals surface area contributed by atoms with E-state index in [0.29, 0.717) is 22.8 Å². The molecule has 1 aliphatic rings. The summed E-state index contributed by atoms with van der Waals surface area (Å²) in [5, 5.41) is 3.29. The average Bonchev–Trinajstić information content (AvgIpc) is 3.16. The van der Waals surface area contributed by atoms with Crippen molar-refractivity contribution in [2.24, 2.45) is 5.41 Å². The summed E-state index contributed by atoms with van der Waals surface area (Å²) in [4.78, 5) is 8.09. The Bertz CT molecular complexity index is 407. The van der Waals surface area contributed by atoms with Crippen LogP contribution in [0, 0.1) is 5.41 Å². The maximum atomic E-state index is 5.91. The smallest absolute Gasteiger partial charge is 0.242 e. The molecule has 1 saturated carbocycles. The summed E-state index contributed by atoms with van der Waals surface area (Å²) in [5.41, 5.74) is 6.72. The first-order chi connectivity index (χ1) is 8.71. The number of aromatic nitrogens is 2. The van der Waals surface area contributed by atoms with Gasteiger partial charge in [0.15, 0.2) is 5.82 Å². The molecule has 0 spiro atoms. The lowest BCUT2D eigenvalue weighted by molar-refractivity contribution is 0.175. The van der Waals surface area contributed by atoms with Crippen molar-refractivity contribution >= 4 is 11.5 Å². The largest absolute Gasteiger partial charge is 0.479 e. The van der Waals surface area contributed by atoms with Gasteiger partial charge in [0.1, 0.15) is 12.0 Å². The molecule has 0 unspecified atom stereocenters. The van der Waals surface area contributed by atoms with Crippen LogP contribution in [0.2, 0.25) is 0 Å². The van der Waals surface area contributed by atoms with E-state index in [1.807, 2.05) is 0 Å². The normalized spacial score (nSPS) is 16.3. The second-order valence-corrected chi connectivity index (χ2v) is 4.74.